The van der Waals surface area contributed by atoms with Crippen LogP contribution in [0.4, 0.5) is 4.39 Å². The zero-order valence-corrected chi connectivity index (χ0v) is 11.0. The number of aliphatic hydroxyl groups excluding tert-OH is 1. The van der Waals surface area contributed by atoms with Crippen molar-refractivity contribution in [2.45, 2.75) is 51.6 Å². The first-order valence-corrected chi connectivity index (χ1v) is 6.65. The van der Waals surface area contributed by atoms with Gasteiger partial charge < -0.3 is 5.11 Å². The third-order valence-electron chi connectivity index (χ3n) is 2.85. The fraction of sp³-hybridized carbons (Fsp3) is 0.571. The molecule has 0 bridgehead atoms. The van der Waals surface area contributed by atoms with Crippen LogP contribution in [0, 0.1) is 5.82 Å². The Bertz CT molecular complexity index is 321. The summed E-state index contributed by atoms with van der Waals surface area (Å²) in [7, 11) is 0. The number of hydrogen-bond acceptors (Lipinski definition) is 1. The molecule has 0 spiro atoms. The molecule has 0 aliphatic carbocycles. The van der Waals surface area contributed by atoms with E-state index < -0.39 is 11.9 Å². The van der Waals surface area contributed by atoms with Crippen LogP contribution in [0.5, 0.6) is 0 Å². The minimum atomic E-state index is -0.607. The fourth-order valence-electron chi connectivity index (χ4n) is 1.88. The lowest BCUT2D eigenvalue weighted by Crippen LogP contribution is -1.98. The van der Waals surface area contributed by atoms with Gasteiger partial charge in [-0.05, 0) is 30.2 Å². The van der Waals surface area contributed by atoms with Gasteiger partial charge in [0.25, 0.3) is 0 Å². The van der Waals surface area contributed by atoms with E-state index in [0.717, 1.165) is 12.8 Å². The molecular weight excluding hydrogens is 239 g/mol. The fourth-order valence-corrected chi connectivity index (χ4v) is 2.11. The molecule has 1 aromatic rings. The molecule has 0 fully saturated rings. The second-order valence-electron chi connectivity index (χ2n) is 4.42. The first kappa shape index (κ1) is 14.5. The predicted octanol–water partition coefficient (Wildman–Crippen LogP) is 4.87. The quantitative estimate of drug-likeness (QED) is 0.692. The molecule has 0 saturated heterocycles. The third kappa shape index (κ3) is 5.51. The summed E-state index contributed by atoms with van der Waals surface area (Å²) in [5.41, 5.74) is 0.575. The Morgan fingerprint density at radius 3 is 2.53 bits per heavy atom. The van der Waals surface area contributed by atoms with Gasteiger partial charge in [-0.15, -0.1) is 0 Å². The summed E-state index contributed by atoms with van der Waals surface area (Å²) in [4.78, 5) is 0. The second kappa shape index (κ2) is 7.67. The van der Waals surface area contributed by atoms with E-state index >= 15 is 0 Å². The molecular formula is C14H20ClFO. The monoisotopic (exact) mass is 258 g/mol. The molecule has 1 rings (SSSR count). The summed E-state index contributed by atoms with van der Waals surface area (Å²) >= 11 is 5.75. The standard InChI is InChI=1S/C14H20ClFO/c1-2-3-4-5-6-7-14(17)11-8-12(15)10-13(16)9-11/h8-10,14,17H,2-7H2,1H3. The van der Waals surface area contributed by atoms with Crippen LogP contribution in [0.1, 0.15) is 57.1 Å². The molecule has 17 heavy (non-hydrogen) atoms. The first-order chi connectivity index (χ1) is 8.13. The summed E-state index contributed by atoms with van der Waals surface area (Å²) in [5, 5.41) is 10.2. The topological polar surface area (TPSA) is 20.2 Å². The van der Waals surface area contributed by atoms with E-state index in [4.69, 9.17) is 11.6 Å². The van der Waals surface area contributed by atoms with Crippen molar-refractivity contribution in [3.63, 3.8) is 0 Å². The zero-order chi connectivity index (χ0) is 12.7. The van der Waals surface area contributed by atoms with Gasteiger partial charge in [0, 0.05) is 5.02 Å². The molecule has 1 nitrogen and oxygen atoms in total. The van der Waals surface area contributed by atoms with Crippen LogP contribution >= 0.6 is 11.6 Å². The van der Waals surface area contributed by atoms with E-state index in [1.54, 1.807) is 6.07 Å². The summed E-state index contributed by atoms with van der Waals surface area (Å²) in [5.74, 6) is -0.391. The van der Waals surface area contributed by atoms with Gasteiger partial charge in [0.15, 0.2) is 0 Å². The Hall–Kier alpha value is -0.600. The molecule has 0 amide bonds. The molecule has 0 heterocycles. The summed E-state index contributed by atoms with van der Waals surface area (Å²) in [6.07, 6.45) is 5.80. The normalized spacial score (nSPS) is 12.7. The highest BCUT2D eigenvalue weighted by atomic mass is 35.5. The highest BCUT2D eigenvalue weighted by Gasteiger charge is 2.09. The van der Waals surface area contributed by atoms with Crippen molar-refractivity contribution in [3.05, 3.63) is 34.6 Å². The van der Waals surface area contributed by atoms with Crippen LogP contribution < -0.4 is 0 Å². The van der Waals surface area contributed by atoms with Crippen LogP contribution in [0.2, 0.25) is 5.02 Å². The number of halogens is 2. The van der Waals surface area contributed by atoms with Gasteiger partial charge >= 0.3 is 0 Å². The van der Waals surface area contributed by atoms with Crippen molar-refractivity contribution in [2.75, 3.05) is 0 Å². The molecule has 1 atom stereocenters. The van der Waals surface area contributed by atoms with Crippen LogP contribution in [0.25, 0.3) is 0 Å². The van der Waals surface area contributed by atoms with Gasteiger partial charge in [-0.2, -0.15) is 0 Å². The molecule has 1 N–H and O–H groups in total. The Labute approximate surface area is 108 Å². The van der Waals surface area contributed by atoms with Crippen molar-refractivity contribution >= 4 is 11.6 Å². The molecule has 96 valence electrons. The van der Waals surface area contributed by atoms with Crippen LogP contribution in [0.3, 0.4) is 0 Å². The summed E-state index contributed by atoms with van der Waals surface area (Å²) in [6, 6.07) is 4.23. The lowest BCUT2D eigenvalue weighted by atomic mass is 10.0. The summed E-state index contributed by atoms with van der Waals surface area (Å²) in [6.45, 7) is 2.17. The number of hydrogen-bond donors (Lipinski definition) is 1. The first-order valence-electron chi connectivity index (χ1n) is 6.27. The molecule has 0 aliphatic rings. The van der Waals surface area contributed by atoms with E-state index in [9.17, 15) is 9.50 Å². The van der Waals surface area contributed by atoms with E-state index in [2.05, 4.69) is 6.92 Å². The Kier molecular flexibility index (Phi) is 6.53. The van der Waals surface area contributed by atoms with Gasteiger partial charge in [0.05, 0.1) is 6.10 Å². The van der Waals surface area contributed by atoms with Gasteiger partial charge in [-0.3, -0.25) is 0 Å². The Morgan fingerprint density at radius 1 is 1.18 bits per heavy atom. The number of rotatable bonds is 7. The molecule has 0 saturated carbocycles. The predicted molar refractivity (Wildman–Crippen MR) is 69.7 cm³/mol. The van der Waals surface area contributed by atoms with Gasteiger partial charge in [-0.25, -0.2) is 4.39 Å². The highest BCUT2D eigenvalue weighted by molar-refractivity contribution is 6.30. The molecule has 0 aliphatic heterocycles. The van der Waals surface area contributed by atoms with Crippen molar-refractivity contribution < 1.29 is 9.50 Å². The average Bonchev–Trinajstić information content (AvgIpc) is 2.27. The molecule has 0 radical (unpaired) electrons. The average molecular weight is 259 g/mol. The van der Waals surface area contributed by atoms with Crippen LogP contribution in [-0.4, -0.2) is 5.11 Å². The largest absolute Gasteiger partial charge is 0.388 e. The third-order valence-corrected chi connectivity index (χ3v) is 3.07. The Balaban J connectivity index is 2.38. The van der Waals surface area contributed by atoms with Crippen molar-refractivity contribution in [1.29, 1.82) is 0 Å². The van der Waals surface area contributed by atoms with Gasteiger partial charge in [0.1, 0.15) is 5.82 Å². The summed E-state index contributed by atoms with van der Waals surface area (Å²) < 4.78 is 13.1. The maximum atomic E-state index is 13.1. The van der Waals surface area contributed by atoms with Gasteiger partial charge in [0.2, 0.25) is 0 Å². The zero-order valence-electron chi connectivity index (χ0n) is 10.3. The molecule has 1 unspecified atom stereocenters. The number of aliphatic hydroxyl groups is 1. The minimum absolute atomic E-state index is 0.338. The van der Waals surface area contributed by atoms with Crippen LogP contribution in [0.15, 0.2) is 18.2 Å². The van der Waals surface area contributed by atoms with E-state index in [1.165, 1.54) is 31.4 Å². The second-order valence-corrected chi connectivity index (χ2v) is 4.86. The minimum Gasteiger partial charge on any atom is -0.388 e. The van der Waals surface area contributed by atoms with Crippen molar-refractivity contribution in [1.82, 2.24) is 0 Å². The van der Waals surface area contributed by atoms with E-state index in [-0.39, 0.29) is 0 Å². The van der Waals surface area contributed by atoms with Crippen LogP contribution in [-0.2, 0) is 0 Å². The molecule has 3 heteroatoms. The lowest BCUT2D eigenvalue weighted by molar-refractivity contribution is 0.163. The Morgan fingerprint density at radius 2 is 1.88 bits per heavy atom. The lowest BCUT2D eigenvalue weighted by Gasteiger charge is -2.11. The smallest absolute Gasteiger partial charge is 0.125 e. The number of unbranched alkanes of at least 4 members (excludes halogenated alkanes) is 4. The highest BCUT2D eigenvalue weighted by Crippen LogP contribution is 2.24. The SMILES string of the molecule is CCCCCCCC(O)c1cc(F)cc(Cl)c1. The molecule has 0 aromatic heterocycles. The maximum Gasteiger partial charge on any atom is 0.125 e. The van der Waals surface area contributed by atoms with E-state index in [1.807, 2.05) is 0 Å². The van der Waals surface area contributed by atoms with Crippen molar-refractivity contribution in [3.8, 4) is 0 Å². The number of benzene rings is 1. The van der Waals surface area contributed by atoms with Crippen molar-refractivity contribution in [2.24, 2.45) is 0 Å². The van der Waals surface area contributed by atoms with Gasteiger partial charge in [-0.1, -0.05) is 50.6 Å². The van der Waals surface area contributed by atoms with E-state index in [0.29, 0.717) is 17.0 Å². The maximum absolute atomic E-state index is 13.1. The molecule has 1 aromatic carbocycles.